The van der Waals surface area contributed by atoms with Crippen LogP contribution in [-0.4, -0.2) is 56.0 Å². The minimum Gasteiger partial charge on any atom is -0.340 e. The van der Waals surface area contributed by atoms with Gasteiger partial charge in [-0.25, -0.2) is 17.2 Å². The van der Waals surface area contributed by atoms with Crippen LogP contribution in [0.25, 0.3) is 0 Å². The molecule has 1 aromatic carbocycles. The van der Waals surface area contributed by atoms with Gasteiger partial charge in [-0.05, 0) is 30.2 Å². The number of carbonyl (C=O) groups is 1. The Morgan fingerprint density at radius 1 is 1.18 bits per heavy atom. The Labute approximate surface area is 128 Å². The molecule has 1 aliphatic heterocycles. The molecule has 0 bridgehead atoms. The van der Waals surface area contributed by atoms with E-state index >= 15 is 0 Å². The largest absolute Gasteiger partial charge is 0.340 e. The smallest absolute Gasteiger partial charge is 0.222 e. The standard InChI is InChI=1S/C14H18F2N2O3S/c1-22(20,21)18-8-6-17(7-9-18)14(19)5-2-11-10-12(15)3-4-13(11)16/h3-4,10H,2,5-9H2,1H3. The van der Waals surface area contributed by atoms with Crippen molar-refractivity contribution in [1.82, 2.24) is 9.21 Å². The molecule has 1 fully saturated rings. The molecule has 5 nitrogen and oxygen atoms in total. The number of rotatable bonds is 4. The van der Waals surface area contributed by atoms with Crippen LogP contribution >= 0.6 is 0 Å². The molecule has 1 amide bonds. The first-order valence-corrected chi connectivity index (χ1v) is 8.79. The van der Waals surface area contributed by atoms with E-state index in [1.54, 1.807) is 4.90 Å². The van der Waals surface area contributed by atoms with Gasteiger partial charge in [-0.3, -0.25) is 4.79 Å². The molecule has 22 heavy (non-hydrogen) atoms. The van der Waals surface area contributed by atoms with Crippen LogP contribution in [0.15, 0.2) is 18.2 Å². The maximum absolute atomic E-state index is 13.5. The quantitative estimate of drug-likeness (QED) is 0.827. The highest BCUT2D eigenvalue weighted by molar-refractivity contribution is 7.88. The van der Waals surface area contributed by atoms with Crippen molar-refractivity contribution in [2.45, 2.75) is 12.8 Å². The predicted octanol–water partition coefficient (Wildman–Crippen LogP) is 1.00. The number of piperazine rings is 1. The number of amides is 1. The minimum atomic E-state index is -3.24. The SMILES string of the molecule is CS(=O)(=O)N1CCN(C(=O)CCc2cc(F)ccc2F)CC1. The van der Waals surface area contributed by atoms with Gasteiger partial charge in [0.05, 0.1) is 6.26 Å². The third-order valence-corrected chi connectivity index (χ3v) is 4.98. The van der Waals surface area contributed by atoms with Crippen LogP contribution in [0.3, 0.4) is 0 Å². The molecule has 122 valence electrons. The van der Waals surface area contributed by atoms with Gasteiger partial charge in [-0.15, -0.1) is 0 Å². The molecule has 0 radical (unpaired) electrons. The van der Waals surface area contributed by atoms with E-state index in [4.69, 9.17) is 0 Å². The van der Waals surface area contributed by atoms with Crippen molar-refractivity contribution in [2.75, 3.05) is 32.4 Å². The van der Waals surface area contributed by atoms with Gasteiger partial charge in [0.2, 0.25) is 15.9 Å². The lowest BCUT2D eigenvalue weighted by atomic mass is 10.1. The number of aryl methyl sites for hydroxylation is 1. The molecule has 1 aliphatic rings. The zero-order valence-corrected chi connectivity index (χ0v) is 13.1. The summed E-state index contributed by atoms with van der Waals surface area (Å²) >= 11 is 0. The summed E-state index contributed by atoms with van der Waals surface area (Å²) in [6.07, 6.45) is 1.32. The third-order valence-electron chi connectivity index (χ3n) is 3.68. The number of benzene rings is 1. The van der Waals surface area contributed by atoms with Crippen molar-refractivity contribution in [3.63, 3.8) is 0 Å². The maximum atomic E-state index is 13.5. The summed E-state index contributed by atoms with van der Waals surface area (Å²) in [5.41, 5.74) is 0.170. The molecule has 1 aromatic rings. The van der Waals surface area contributed by atoms with Gasteiger partial charge in [0.25, 0.3) is 0 Å². The fraction of sp³-hybridized carbons (Fsp3) is 0.500. The summed E-state index contributed by atoms with van der Waals surface area (Å²) < 4.78 is 50.6. The molecule has 2 rings (SSSR count). The lowest BCUT2D eigenvalue weighted by Gasteiger charge is -2.33. The Hall–Kier alpha value is -1.54. The van der Waals surface area contributed by atoms with Gasteiger partial charge in [0.15, 0.2) is 0 Å². The zero-order valence-electron chi connectivity index (χ0n) is 12.3. The first kappa shape index (κ1) is 16.8. The number of hydrogen-bond acceptors (Lipinski definition) is 3. The van der Waals surface area contributed by atoms with Gasteiger partial charge in [-0.2, -0.15) is 4.31 Å². The average molecular weight is 332 g/mol. The summed E-state index contributed by atoms with van der Waals surface area (Å²) in [6.45, 7) is 1.16. The summed E-state index contributed by atoms with van der Waals surface area (Å²) in [5, 5.41) is 0. The van der Waals surface area contributed by atoms with Gasteiger partial charge in [-0.1, -0.05) is 0 Å². The van der Waals surface area contributed by atoms with Gasteiger partial charge in [0.1, 0.15) is 11.6 Å². The second-order valence-corrected chi connectivity index (χ2v) is 7.26. The first-order valence-electron chi connectivity index (χ1n) is 6.94. The molecule has 1 saturated heterocycles. The monoisotopic (exact) mass is 332 g/mol. The Kier molecular flexibility index (Phi) is 5.12. The topological polar surface area (TPSA) is 57.7 Å². The molecule has 0 saturated carbocycles. The van der Waals surface area contributed by atoms with Crippen LogP contribution in [0.4, 0.5) is 8.78 Å². The fourth-order valence-corrected chi connectivity index (χ4v) is 3.23. The molecule has 8 heteroatoms. The van der Waals surface area contributed by atoms with E-state index in [1.807, 2.05) is 0 Å². The summed E-state index contributed by atoms with van der Waals surface area (Å²) in [7, 11) is -3.24. The van der Waals surface area contributed by atoms with Crippen molar-refractivity contribution in [1.29, 1.82) is 0 Å². The Bertz CT molecular complexity index is 656. The van der Waals surface area contributed by atoms with E-state index in [0.29, 0.717) is 13.1 Å². The number of nitrogens with zero attached hydrogens (tertiary/aromatic N) is 2. The van der Waals surface area contributed by atoms with Crippen molar-refractivity contribution in [2.24, 2.45) is 0 Å². The van der Waals surface area contributed by atoms with Crippen LogP contribution in [-0.2, 0) is 21.2 Å². The molecular formula is C14H18F2N2O3S. The van der Waals surface area contributed by atoms with Crippen LogP contribution in [0.5, 0.6) is 0 Å². The predicted molar refractivity (Wildman–Crippen MR) is 77.7 cm³/mol. The van der Waals surface area contributed by atoms with E-state index in [9.17, 15) is 22.0 Å². The molecular weight excluding hydrogens is 314 g/mol. The minimum absolute atomic E-state index is 0.0687. The van der Waals surface area contributed by atoms with E-state index in [1.165, 1.54) is 4.31 Å². The Balaban J connectivity index is 1.87. The molecule has 0 aromatic heterocycles. The van der Waals surface area contributed by atoms with Crippen molar-refractivity contribution < 1.29 is 22.0 Å². The molecule has 0 unspecified atom stereocenters. The average Bonchev–Trinajstić information content (AvgIpc) is 2.47. The van der Waals surface area contributed by atoms with E-state index < -0.39 is 21.7 Å². The first-order chi connectivity index (χ1) is 10.3. The summed E-state index contributed by atoms with van der Waals surface area (Å²) in [6, 6.07) is 3.16. The lowest BCUT2D eigenvalue weighted by Crippen LogP contribution is -2.50. The fourth-order valence-electron chi connectivity index (χ4n) is 2.40. The number of halogens is 2. The zero-order chi connectivity index (χ0) is 16.3. The highest BCUT2D eigenvalue weighted by Crippen LogP contribution is 2.13. The Morgan fingerprint density at radius 3 is 2.41 bits per heavy atom. The number of sulfonamides is 1. The highest BCUT2D eigenvalue weighted by Gasteiger charge is 2.25. The van der Waals surface area contributed by atoms with Crippen LogP contribution < -0.4 is 0 Å². The number of carbonyl (C=O) groups excluding carboxylic acids is 1. The molecule has 0 aliphatic carbocycles. The van der Waals surface area contributed by atoms with Gasteiger partial charge in [0, 0.05) is 32.6 Å². The van der Waals surface area contributed by atoms with Crippen molar-refractivity contribution in [3.05, 3.63) is 35.4 Å². The second kappa shape index (κ2) is 6.70. The van der Waals surface area contributed by atoms with Crippen molar-refractivity contribution in [3.8, 4) is 0 Å². The van der Waals surface area contributed by atoms with Crippen LogP contribution in [0, 0.1) is 11.6 Å². The summed E-state index contributed by atoms with van der Waals surface area (Å²) in [5.74, 6) is -1.25. The molecule has 0 spiro atoms. The normalized spacial score (nSPS) is 16.8. The molecule has 1 heterocycles. The van der Waals surface area contributed by atoms with E-state index in [-0.39, 0.29) is 37.4 Å². The van der Waals surface area contributed by atoms with E-state index in [2.05, 4.69) is 0 Å². The maximum Gasteiger partial charge on any atom is 0.222 e. The Morgan fingerprint density at radius 2 is 1.82 bits per heavy atom. The van der Waals surface area contributed by atoms with Gasteiger partial charge >= 0.3 is 0 Å². The molecule has 0 N–H and O–H groups in total. The lowest BCUT2D eigenvalue weighted by molar-refractivity contribution is -0.132. The summed E-state index contributed by atoms with van der Waals surface area (Å²) in [4.78, 5) is 13.6. The highest BCUT2D eigenvalue weighted by atomic mass is 32.2. The van der Waals surface area contributed by atoms with Gasteiger partial charge < -0.3 is 4.90 Å². The van der Waals surface area contributed by atoms with E-state index in [0.717, 1.165) is 24.5 Å². The van der Waals surface area contributed by atoms with Crippen LogP contribution in [0.1, 0.15) is 12.0 Å². The van der Waals surface area contributed by atoms with Crippen molar-refractivity contribution >= 4 is 15.9 Å². The van der Waals surface area contributed by atoms with Crippen LogP contribution in [0.2, 0.25) is 0 Å². The third kappa shape index (κ3) is 4.23. The molecule has 0 atom stereocenters. The number of hydrogen-bond donors (Lipinski definition) is 0. The second-order valence-electron chi connectivity index (χ2n) is 5.28.